The van der Waals surface area contributed by atoms with Crippen LogP contribution in [0.5, 0.6) is 5.75 Å². The van der Waals surface area contributed by atoms with Crippen molar-refractivity contribution in [2.45, 2.75) is 86.1 Å². The van der Waals surface area contributed by atoms with Crippen molar-refractivity contribution in [2.24, 2.45) is 12.5 Å². The largest absolute Gasteiger partial charge is 0.493 e. The Labute approximate surface area is 399 Å². The second-order valence-corrected chi connectivity index (χ2v) is 17.2. The molecule has 0 bridgehead atoms. The lowest BCUT2D eigenvalue weighted by Crippen LogP contribution is -2.28. The Kier molecular flexibility index (Phi) is 19.7. The van der Waals surface area contributed by atoms with Crippen LogP contribution in [0.1, 0.15) is 102 Å². The molecule has 4 aromatic carbocycles. The molecule has 2 heterocycles. The number of rotatable bonds is 18. The van der Waals surface area contributed by atoms with E-state index in [1.807, 2.05) is 62.4 Å². The zero-order chi connectivity index (χ0) is 50.1. The number of carbonyl (C=O) groups excluding carboxylic acids is 5. The number of nitrogens with one attached hydrogen (secondary N) is 6. The molecule has 0 radical (unpaired) electrons. The first-order valence-corrected chi connectivity index (χ1v) is 23.3. The molecule has 1 aliphatic heterocycles. The van der Waals surface area contributed by atoms with Gasteiger partial charge in [-0.25, -0.2) is 4.79 Å². The van der Waals surface area contributed by atoms with E-state index < -0.39 is 11.9 Å². The zero-order valence-corrected chi connectivity index (χ0v) is 41.2. The summed E-state index contributed by atoms with van der Waals surface area (Å²) in [7, 11) is 6.51. The third-order valence-corrected chi connectivity index (χ3v) is 11.3. The van der Waals surface area contributed by atoms with Crippen molar-refractivity contribution in [3.05, 3.63) is 100 Å². The highest BCUT2D eigenvalue weighted by atomic mass is 16.5. The maximum absolute atomic E-state index is 13.2. The van der Waals surface area contributed by atoms with E-state index in [1.165, 1.54) is 16.2 Å². The van der Waals surface area contributed by atoms with Crippen LogP contribution >= 0.6 is 0 Å². The Hall–Kier alpha value is -7.23. The molecule has 0 saturated carbocycles. The molecule has 0 spiro atoms. The minimum atomic E-state index is -0.659. The number of aldehydes is 1. The van der Waals surface area contributed by atoms with Crippen molar-refractivity contribution in [2.75, 3.05) is 61.7 Å². The normalized spacial score (nSPS) is 12.4. The van der Waals surface area contributed by atoms with Crippen LogP contribution in [0.4, 0.5) is 22.7 Å². The summed E-state index contributed by atoms with van der Waals surface area (Å²) in [5.41, 5.74) is 6.19. The van der Waals surface area contributed by atoms with Crippen molar-refractivity contribution < 1.29 is 28.7 Å². The van der Waals surface area contributed by atoms with Gasteiger partial charge in [0.2, 0.25) is 11.8 Å². The number of hydrogen-bond donors (Lipinski definition) is 6. The number of fused-ring (bicyclic) bond motifs is 1. The number of hydrogen-bond acceptors (Lipinski definition) is 10. The van der Waals surface area contributed by atoms with E-state index in [0.717, 1.165) is 60.1 Å². The summed E-state index contributed by atoms with van der Waals surface area (Å²) in [5, 5.41) is 22.9. The highest BCUT2D eigenvalue weighted by Gasteiger charge is 2.25. The number of aromatic nitrogens is 2. The highest BCUT2D eigenvalue weighted by molar-refractivity contribution is 6.48. The number of imidazole rings is 1. The highest BCUT2D eigenvalue weighted by Crippen LogP contribution is 2.37. The van der Waals surface area contributed by atoms with E-state index in [9.17, 15) is 28.8 Å². The molecule has 1 unspecified atom stereocenters. The second kappa shape index (κ2) is 25.1. The van der Waals surface area contributed by atoms with Crippen LogP contribution in [0.3, 0.4) is 0 Å². The van der Waals surface area contributed by atoms with Gasteiger partial charge in [-0.05, 0) is 97.3 Å². The molecular formula is C52H69N9O7. The molecule has 1 atom stereocenters. The van der Waals surface area contributed by atoms with Gasteiger partial charge in [0.15, 0.2) is 0 Å². The zero-order valence-electron chi connectivity index (χ0n) is 41.2. The average Bonchev–Trinajstić information content (AvgIpc) is 3.89. The van der Waals surface area contributed by atoms with Gasteiger partial charge in [0.25, 0.3) is 11.8 Å². The first-order chi connectivity index (χ1) is 32.5. The molecule has 364 valence electrons. The number of benzene rings is 4. The molecule has 68 heavy (non-hydrogen) atoms. The predicted octanol–water partition coefficient (Wildman–Crippen LogP) is 8.16. The van der Waals surface area contributed by atoms with Crippen LogP contribution < -0.4 is 41.9 Å². The Morgan fingerprint density at radius 3 is 2.28 bits per heavy atom. The summed E-state index contributed by atoms with van der Waals surface area (Å²) in [4.78, 5) is 74.9. The van der Waals surface area contributed by atoms with Gasteiger partial charge in [0.1, 0.15) is 17.7 Å². The van der Waals surface area contributed by atoms with Crippen molar-refractivity contribution >= 4 is 69.4 Å². The standard InChI is InChI=1S/C33H39N5O4.C17H24N4O3.C2H6/c1-33(2,3)15-17-42-28-20-24(38-16-7-10-29(38)39)12-13-25(28)21-11-14-27(35-4)26(19-21)30(34)32(41)37-23-9-6-8-22(18-23)31(40)36-5;1-4-9-19-12-5-7-14-15(10-12)20(3)17(24)21(14)13(11-22)6-8-16(23)18-2;1-2/h6,8-9,11-14,18-20,34-35H,7,10,15-17H2,1-5H3,(H,36,40)(H,37,41);5,7,10-11,13,19H,4,6,8-9H2,1-3H3,(H,18,23);1-2H3. The van der Waals surface area contributed by atoms with Gasteiger partial charge in [-0.2, -0.15) is 0 Å². The lowest BCUT2D eigenvalue weighted by atomic mass is 9.93. The van der Waals surface area contributed by atoms with Crippen LogP contribution in [0.15, 0.2) is 83.7 Å². The Balaban J connectivity index is 0.000000329. The monoisotopic (exact) mass is 932 g/mol. The van der Waals surface area contributed by atoms with Gasteiger partial charge in [-0.3, -0.25) is 33.7 Å². The quantitative estimate of drug-likeness (QED) is 0.0370. The molecule has 6 rings (SSSR count). The molecule has 4 amide bonds. The van der Waals surface area contributed by atoms with Gasteiger partial charge in [-0.15, -0.1) is 0 Å². The van der Waals surface area contributed by atoms with Crippen molar-refractivity contribution in [3.8, 4) is 16.9 Å². The minimum Gasteiger partial charge on any atom is -0.493 e. The molecular weight excluding hydrogens is 863 g/mol. The average molecular weight is 932 g/mol. The van der Waals surface area contributed by atoms with Crippen LogP contribution in [0.25, 0.3) is 22.2 Å². The fourth-order valence-corrected chi connectivity index (χ4v) is 7.49. The third kappa shape index (κ3) is 13.7. The smallest absolute Gasteiger partial charge is 0.329 e. The lowest BCUT2D eigenvalue weighted by molar-refractivity contribution is -0.121. The predicted molar refractivity (Wildman–Crippen MR) is 274 cm³/mol. The van der Waals surface area contributed by atoms with E-state index in [4.69, 9.17) is 10.1 Å². The molecule has 1 fully saturated rings. The van der Waals surface area contributed by atoms with Gasteiger partial charge in [-0.1, -0.05) is 53.7 Å². The molecule has 0 aliphatic carbocycles. The fraction of sp³-hybridized carbons (Fsp3) is 0.404. The van der Waals surface area contributed by atoms with Crippen molar-refractivity contribution in [3.63, 3.8) is 0 Å². The van der Waals surface area contributed by atoms with E-state index in [2.05, 4.69) is 54.3 Å². The number of anilines is 4. The third-order valence-electron chi connectivity index (χ3n) is 11.3. The molecule has 1 aliphatic rings. The second-order valence-electron chi connectivity index (χ2n) is 17.2. The first kappa shape index (κ1) is 53.4. The number of carbonyl (C=O) groups is 5. The lowest BCUT2D eigenvalue weighted by Gasteiger charge is -2.22. The summed E-state index contributed by atoms with van der Waals surface area (Å²) in [6.45, 7) is 14.6. The minimum absolute atomic E-state index is 0.0899. The van der Waals surface area contributed by atoms with E-state index in [0.29, 0.717) is 53.3 Å². The van der Waals surface area contributed by atoms with Gasteiger partial charge < -0.3 is 41.0 Å². The van der Waals surface area contributed by atoms with Crippen molar-refractivity contribution in [1.82, 2.24) is 19.8 Å². The van der Waals surface area contributed by atoms with Crippen molar-refractivity contribution in [1.29, 1.82) is 5.41 Å². The van der Waals surface area contributed by atoms with Crippen LogP contribution in [-0.2, 0) is 26.2 Å². The van der Waals surface area contributed by atoms with Crippen LogP contribution in [0, 0.1) is 10.8 Å². The molecule has 16 nitrogen and oxygen atoms in total. The SMILES string of the molecule is CC.CCCNc1ccc2c(c1)n(C)c(=O)n2C(C=O)CCC(=O)NC.CNC(=O)c1cccc(NC(=O)C(=N)c2cc(-c3ccc(N4CCCC4=O)cc3OCCC(C)(C)C)ccc2NC)c1. The van der Waals surface area contributed by atoms with Crippen LogP contribution in [0.2, 0.25) is 0 Å². The fourth-order valence-electron chi connectivity index (χ4n) is 7.49. The Bertz CT molecular complexity index is 2640. The summed E-state index contributed by atoms with van der Waals surface area (Å²) in [6.07, 6.45) is 4.43. The van der Waals surface area contributed by atoms with Gasteiger partial charge in [0.05, 0.1) is 23.7 Å². The van der Waals surface area contributed by atoms with E-state index in [-0.39, 0.29) is 47.4 Å². The van der Waals surface area contributed by atoms with E-state index in [1.54, 1.807) is 56.4 Å². The number of amides is 4. The van der Waals surface area contributed by atoms with Gasteiger partial charge >= 0.3 is 5.69 Å². The molecule has 1 saturated heterocycles. The van der Waals surface area contributed by atoms with Crippen LogP contribution in [-0.4, -0.2) is 85.6 Å². The topological polar surface area (TPSA) is 209 Å². The number of ether oxygens (including phenoxy) is 1. The van der Waals surface area contributed by atoms with Gasteiger partial charge in [0, 0.05) is 99.6 Å². The first-order valence-electron chi connectivity index (χ1n) is 23.3. The summed E-state index contributed by atoms with van der Waals surface area (Å²) < 4.78 is 9.30. The van der Waals surface area contributed by atoms with E-state index >= 15 is 0 Å². The Morgan fingerprint density at radius 2 is 1.65 bits per heavy atom. The molecule has 16 heteroatoms. The maximum Gasteiger partial charge on any atom is 0.329 e. The summed E-state index contributed by atoms with van der Waals surface area (Å²) >= 11 is 0. The summed E-state index contributed by atoms with van der Waals surface area (Å²) in [6, 6.07) is 22.8. The number of nitrogens with zero attached hydrogens (tertiary/aromatic N) is 3. The molecule has 5 aromatic rings. The molecule has 6 N–H and O–H groups in total. The summed E-state index contributed by atoms with van der Waals surface area (Å²) in [5.74, 6) is -0.290. The maximum atomic E-state index is 13.2. The molecule has 1 aromatic heterocycles. The number of aryl methyl sites for hydroxylation is 1. The Morgan fingerprint density at radius 1 is 0.897 bits per heavy atom.